The molecule has 0 amide bonds. The van der Waals surface area contributed by atoms with Gasteiger partial charge in [0.05, 0.1) is 11.9 Å². The van der Waals surface area contributed by atoms with Crippen molar-refractivity contribution >= 4 is 11.7 Å². The fraction of sp³-hybridized carbons (Fsp3) is 0.143. The molecule has 1 aromatic heterocycles. The number of pyridine rings is 1. The minimum Gasteiger partial charge on any atom is -0.478 e. The van der Waals surface area contributed by atoms with Gasteiger partial charge in [-0.05, 0) is 0 Å². The van der Waals surface area contributed by atoms with Crippen molar-refractivity contribution < 1.29 is 23.1 Å². The first kappa shape index (κ1) is 10.3. The van der Waals surface area contributed by atoms with Crippen molar-refractivity contribution in [3.05, 3.63) is 23.3 Å². The molecule has 0 spiro atoms. The Bertz CT molecular complexity index is 381. The summed E-state index contributed by atoms with van der Waals surface area (Å²) in [5.74, 6) is -2.86. The van der Waals surface area contributed by atoms with Gasteiger partial charge in [-0.3, -0.25) is 4.98 Å². The number of hydrogen-bond acceptors (Lipinski definition) is 3. The van der Waals surface area contributed by atoms with Crippen LogP contribution in [0.3, 0.4) is 0 Å². The summed E-state index contributed by atoms with van der Waals surface area (Å²) in [5.41, 5.74) is 2.14. The number of halogens is 3. The van der Waals surface area contributed by atoms with Crippen molar-refractivity contribution in [2.45, 2.75) is 6.43 Å². The number of carbonyl (C=O) groups is 1. The summed E-state index contributed by atoms with van der Waals surface area (Å²) in [4.78, 5) is 13.5. The molecule has 0 saturated heterocycles. The topological polar surface area (TPSA) is 76.2 Å². The third-order valence-electron chi connectivity index (χ3n) is 1.52. The maximum atomic E-state index is 12.7. The van der Waals surface area contributed by atoms with Crippen molar-refractivity contribution in [1.29, 1.82) is 0 Å². The number of hydrogen-bond donors (Lipinski definition) is 2. The van der Waals surface area contributed by atoms with Crippen LogP contribution in [0.25, 0.3) is 0 Å². The maximum Gasteiger partial charge on any atom is 0.340 e. The van der Waals surface area contributed by atoms with Crippen LogP contribution >= 0.6 is 0 Å². The Labute approximate surface area is 76.2 Å². The first-order valence-electron chi connectivity index (χ1n) is 3.40. The zero-order valence-corrected chi connectivity index (χ0v) is 6.67. The van der Waals surface area contributed by atoms with Gasteiger partial charge in [0.2, 0.25) is 0 Å². The molecule has 1 aromatic rings. The number of carboxylic acid groups (broad SMARTS) is 1. The molecule has 0 atom stereocenters. The highest BCUT2D eigenvalue weighted by atomic mass is 19.3. The molecule has 0 unspecified atom stereocenters. The predicted molar refractivity (Wildman–Crippen MR) is 40.5 cm³/mol. The number of nitrogen functional groups attached to an aromatic ring is 1. The van der Waals surface area contributed by atoms with Crippen LogP contribution in [0.5, 0.6) is 0 Å². The third-order valence-corrected chi connectivity index (χ3v) is 1.52. The Morgan fingerprint density at radius 1 is 1.57 bits per heavy atom. The second kappa shape index (κ2) is 3.52. The molecule has 0 aliphatic rings. The highest BCUT2D eigenvalue weighted by molar-refractivity contribution is 5.94. The van der Waals surface area contributed by atoms with Gasteiger partial charge in [0.1, 0.15) is 11.3 Å². The predicted octanol–water partition coefficient (Wildman–Crippen LogP) is 1.44. The van der Waals surface area contributed by atoms with Gasteiger partial charge in [0.25, 0.3) is 6.43 Å². The minimum absolute atomic E-state index is 0.462. The zero-order valence-electron chi connectivity index (χ0n) is 6.67. The molecule has 7 heteroatoms. The summed E-state index contributed by atoms with van der Waals surface area (Å²) in [6.45, 7) is 0. The Kier molecular flexibility index (Phi) is 2.59. The van der Waals surface area contributed by atoms with Crippen LogP contribution in [-0.4, -0.2) is 16.1 Å². The molecule has 0 saturated carbocycles. The SMILES string of the molecule is Nc1c(F)cnc(C(F)F)c1C(=O)O. The van der Waals surface area contributed by atoms with Crippen LogP contribution in [-0.2, 0) is 0 Å². The monoisotopic (exact) mass is 206 g/mol. The van der Waals surface area contributed by atoms with Crippen LogP contribution in [0.1, 0.15) is 22.5 Å². The molecule has 0 bridgehead atoms. The minimum atomic E-state index is -3.11. The number of nitrogens with zero attached hydrogens (tertiary/aromatic N) is 1. The maximum absolute atomic E-state index is 12.7. The van der Waals surface area contributed by atoms with E-state index >= 15 is 0 Å². The van der Waals surface area contributed by atoms with Crippen LogP contribution in [0.15, 0.2) is 6.20 Å². The second-order valence-corrected chi connectivity index (χ2v) is 2.39. The standard InChI is InChI=1S/C7H5F3N2O2/c8-2-1-12-5(6(9)10)3(4(2)11)7(13)14/h1,6H,(H2,11,12)(H,13,14). The van der Waals surface area contributed by atoms with Crippen molar-refractivity contribution in [3.8, 4) is 0 Å². The van der Waals surface area contributed by atoms with E-state index in [1.165, 1.54) is 0 Å². The fourth-order valence-electron chi connectivity index (χ4n) is 0.908. The van der Waals surface area contributed by atoms with E-state index in [1.807, 2.05) is 0 Å². The van der Waals surface area contributed by atoms with Crippen molar-refractivity contribution in [2.24, 2.45) is 0 Å². The van der Waals surface area contributed by atoms with E-state index in [4.69, 9.17) is 10.8 Å². The Balaban J connectivity index is 3.45. The molecule has 1 rings (SSSR count). The molecule has 0 aliphatic carbocycles. The number of aromatic nitrogens is 1. The normalized spacial score (nSPS) is 10.6. The van der Waals surface area contributed by atoms with E-state index in [9.17, 15) is 18.0 Å². The lowest BCUT2D eigenvalue weighted by Gasteiger charge is -2.06. The summed E-state index contributed by atoms with van der Waals surface area (Å²) in [6.07, 6.45) is -2.65. The number of alkyl halides is 2. The first-order valence-corrected chi connectivity index (χ1v) is 3.40. The number of carboxylic acids is 1. The average molecular weight is 206 g/mol. The molecule has 0 radical (unpaired) electrons. The van der Waals surface area contributed by atoms with Gasteiger partial charge in [-0.1, -0.05) is 0 Å². The number of rotatable bonds is 2. The highest BCUT2D eigenvalue weighted by Crippen LogP contribution is 2.26. The van der Waals surface area contributed by atoms with E-state index in [0.29, 0.717) is 6.20 Å². The van der Waals surface area contributed by atoms with E-state index in [0.717, 1.165) is 0 Å². The Morgan fingerprint density at radius 3 is 2.57 bits per heavy atom. The molecule has 76 valence electrons. The van der Waals surface area contributed by atoms with E-state index in [1.54, 1.807) is 0 Å². The Hall–Kier alpha value is -1.79. The summed E-state index contributed by atoms with van der Waals surface area (Å²) in [5, 5.41) is 8.50. The summed E-state index contributed by atoms with van der Waals surface area (Å²) in [6, 6.07) is 0. The van der Waals surface area contributed by atoms with Gasteiger partial charge in [-0.2, -0.15) is 0 Å². The average Bonchev–Trinajstić information content (AvgIpc) is 2.08. The Morgan fingerprint density at radius 2 is 2.14 bits per heavy atom. The fourth-order valence-corrected chi connectivity index (χ4v) is 0.908. The lowest BCUT2D eigenvalue weighted by atomic mass is 10.1. The van der Waals surface area contributed by atoms with Crippen molar-refractivity contribution in [1.82, 2.24) is 4.98 Å². The number of nitrogens with two attached hydrogens (primary N) is 1. The molecule has 0 aromatic carbocycles. The van der Waals surface area contributed by atoms with Gasteiger partial charge in [-0.25, -0.2) is 18.0 Å². The van der Waals surface area contributed by atoms with Gasteiger partial charge >= 0.3 is 5.97 Å². The van der Waals surface area contributed by atoms with Gasteiger partial charge in [-0.15, -0.1) is 0 Å². The lowest BCUT2D eigenvalue weighted by Crippen LogP contribution is -2.11. The van der Waals surface area contributed by atoms with Crippen LogP contribution in [0.4, 0.5) is 18.9 Å². The largest absolute Gasteiger partial charge is 0.478 e. The summed E-state index contributed by atoms with van der Waals surface area (Å²) >= 11 is 0. The van der Waals surface area contributed by atoms with Crippen LogP contribution in [0, 0.1) is 5.82 Å². The van der Waals surface area contributed by atoms with Gasteiger partial charge < -0.3 is 10.8 Å². The van der Waals surface area contributed by atoms with Gasteiger partial charge in [0, 0.05) is 0 Å². The van der Waals surface area contributed by atoms with E-state index < -0.39 is 35.2 Å². The molecule has 14 heavy (non-hydrogen) atoms. The van der Waals surface area contributed by atoms with Crippen molar-refractivity contribution in [3.63, 3.8) is 0 Å². The third kappa shape index (κ3) is 1.61. The molecule has 3 N–H and O–H groups in total. The van der Waals surface area contributed by atoms with E-state index in [-0.39, 0.29) is 0 Å². The molecule has 0 fully saturated rings. The summed E-state index contributed by atoms with van der Waals surface area (Å²) < 4.78 is 37.1. The molecule has 0 aliphatic heterocycles. The first-order chi connectivity index (χ1) is 6.45. The lowest BCUT2D eigenvalue weighted by molar-refractivity contribution is 0.0683. The molecule has 4 nitrogen and oxygen atoms in total. The van der Waals surface area contributed by atoms with Crippen LogP contribution < -0.4 is 5.73 Å². The molecule has 1 heterocycles. The van der Waals surface area contributed by atoms with Gasteiger partial charge in [0.15, 0.2) is 5.82 Å². The smallest absolute Gasteiger partial charge is 0.340 e. The number of aromatic carboxylic acids is 1. The second-order valence-electron chi connectivity index (χ2n) is 2.39. The highest BCUT2D eigenvalue weighted by Gasteiger charge is 2.24. The van der Waals surface area contributed by atoms with Crippen LogP contribution in [0.2, 0.25) is 0 Å². The van der Waals surface area contributed by atoms with Crippen molar-refractivity contribution in [2.75, 3.05) is 5.73 Å². The van der Waals surface area contributed by atoms with E-state index in [2.05, 4.69) is 4.98 Å². The number of anilines is 1. The zero-order chi connectivity index (χ0) is 10.9. The summed E-state index contributed by atoms with van der Waals surface area (Å²) in [7, 11) is 0. The molecular weight excluding hydrogens is 201 g/mol. The molecular formula is C7H5F3N2O2. The quantitative estimate of drug-likeness (QED) is 0.767.